The Kier molecular flexibility index (Phi) is 5.46. The van der Waals surface area contributed by atoms with Crippen molar-refractivity contribution >= 4 is 17.8 Å². The summed E-state index contributed by atoms with van der Waals surface area (Å²) in [4.78, 5) is 30.7. The van der Waals surface area contributed by atoms with E-state index in [1.807, 2.05) is 25.1 Å². The van der Waals surface area contributed by atoms with Crippen LogP contribution in [0.4, 0.5) is 0 Å². The first kappa shape index (κ1) is 19.0. The first-order valence-corrected chi connectivity index (χ1v) is 9.89. The van der Waals surface area contributed by atoms with E-state index in [4.69, 9.17) is 4.74 Å². The van der Waals surface area contributed by atoms with Crippen LogP contribution in [-0.2, 0) is 6.42 Å². The summed E-state index contributed by atoms with van der Waals surface area (Å²) < 4.78 is 5.92. The molecule has 1 unspecified atom stereocenters. The summed E-state index contributed by atoms with van der Waals surface area (Å²) in [6.45, 7) is 3.93. The molecule has 150 valence electrons. The van der Waals surface area contributed by atoms with Gasteiger partial charge in [0.1, 0.15) is 11.9 Å². The maximum atomic E-state index is 12.4. The number of aliphatic imine (C=N–C) groups is 1. The second kappa shape index (κ2) is 8.34. The van der Waals surface area contributed by atoms with E-state index < -0.39 is 0 Å². The van der Waals surface area contributed by atoms with E-state index in [2.05, 4.69) is 21.7 Å². The fraction of sp³-hybridized carbons (Fsp3) is 0.318. The highest BCUT2D eigenvalue weighted by Crippen LogP contribution is 2.28. The lowest BCUT2D eigenvalue weighted by Crippen LogP contribution is -2.43. The third-order valence-corrected chi connectivity index (χ3v) is 5.02. The monoisotopic (exact) mass is 392 g/mol. The first-order valence-electron chi connectivity index (χ1n) is 9.89. The number of rotatable bonds is 6. The Morgan fingerprint density at radius 1 is 1.07 bits per heavy atom. The summed E-state index contributed by atoms with van der Waals surface area (Å²) >= 11 is 0. The van der Waals surface area contributed by atoms with Gasteiger partial charge in [-0.25, -0.2) is 4.99 Å². The summed E-state index contributed by atoms with van der Waals surface area (Å²) in [5.41, 5.74) is 2.14. The molecule has 2 heterocycles. The van der Waals surface area contributed by atoms with Crippen LogP contribution in [0.2, 0.25) is 0 Å². The largest absolute Gasteiger partial charge is 0.488 e. The third-order valence-electron chi connectivity index (χ3n) is 5.02. The number of nitrogens with zero attached hydrogens (tertiary/aromatic N) is 2. The number of amides is 2. The van der Waals surface area contributed by atoms with Gasteiger partial charge >= 0.3 is 0 Å². The number of guanidine groups is 1. The number of nitrogens with one attached hydrogen (secondary N) is 2. The highest BCUT2D eigenvalue weighted by molar-refractivity contribution is 6.21. The van der Waals surface area contributed by atoms with Gasteiger partial charge in [0.2, 0.25) is 0 Å². The van der Waals surface area contributed by atoms with Crippen molar-refractivity contribution in [2.45, 2.75) is 19.4 Å². The highest BCUT2D eigenvalue weighted by Gasteiger charge is 2.34. The molecular weight excluding hydrogens is 368 g/mol. The van der Waals surface area contributed by atoms with Gasteiger partial charge in [0.25, 0.3) is 11.8 Å². The van der Waals surface area contributed by atoms with Gasteiger partial charge in [-0.15, -0.1) is 0 Å². The van der Waals surface area contributed by atoms with Crippen LogP contribution in [-0.4, -0.2) is 55.0 Å². The zero-order valence-electron chi connectivity index (χ0n) is 16.4. The fourth-order valence-electron chi connectivity index (χ4n) is 3.62. The number of hydrogen-bond acceptors (Lipinski definition) is 4. The van der Waals surface area contributed by atoms with Crippen molar-refractivity contribution in [1.82, 2.24) is 15.5 Å². The van der Waals surface area contributed by atoms with Crippen molar-refractivity contribution in [3.63, 3.8) is 0 Å². The molecule has 1 atom stereocenters. The van der Waals surface area contributed by atoms with E-state index in [0.717, 1.165) is 12.2 Å². The summed E-state index contributed by atoms with van der Waals surface area (Å²) in [6, 6.07) is 14.9. The maximum absolute atomic E-state index is 12.4. The van der Waals surface area contributed by atoms with E-state index >= 15 is 0 Å². The second-order valence-electron chi connectivity index (χ2n) is 7.01. The number of imide groups is 1. The fourth-order valence-corrected chi connectivity index (χ4v) is 3.62. The van der Waals surface area contributed by atoms with Crippen LogP contribution in [0.25, 0.3) is 0 Å². The van der Waals surface area contributed by atoms with Crippen LogP contribution < -0.4 is 15.4 Å². The van der Waals surface area contributed by atoms with Crippen molar-refractivity contribution < 1.29 is 14.3 Å². The topological polar surface area (TPSA) is 83.0 Å². The molecule has 0 aliphatic carbocycles. The number of fused-ring (bicyclic) bond motifs is 2. The van der Waals surface area contributed by atoms with Gasteiger partial charge in [0, 0.05) is 26.1 Å². The van der Waals surface area contributed by atoms with Crippen LogP contribution in [0.1, 0.15) is 33.2 Å². The van der Waals surface area contributed by atoms with E-state index in [-0.39, 0.29) is 24.5 Å². The zero-order valence-corrected chi connectivity index (χ0v) is 16.4. The molecule has 7 nitrogen and oxygen atoms in total. The minimum absolute atomic E-state index is 0.0130. The molecule has 0 saturated carbocycles. The van der Waals surface area contributed by atoms with E-state index in [1.54, 1.807) is 24.3 Å². The minimum Gasteiger partial charge on any atom is -0.488 e. The Hall–Kier alpha value is -3.35. The molecular formula is C22H24N4O3. The highest BCUT2D eigenvalue weighted by atomic mass is 16.5. The number of para-hydroxylation sites is 1. The molecule has 2 N–H and O–H groups in total. The number of carbonyl (C=O) groups is 2. The number of carbonyl (C=O) groups excluding carboxylic acids is 2. The Morgan fingerprint density at radius 3 is 2.45 bits per heavy atom. The quantitative estimate of drug-likeness (QED) is 0.445. The number of benzene rings is 2. The Balaban J connectivity index is 1.31. The number of hydrogen-bond donors (Lipinski definition) is 2. The third kappa shape index (κ3) is 3.94. The Bertz CT molecular complexity index is 897. The average molecular weight is 392 g/mol. The molecule has 2 aromatic carbocycles. The minimum atomic E-state index is -0.244. The van der Waals surface area contributed by atoms with Gasteiger partial charge in [0.15, 0.2) is 5.96 Å². The van der Waals surface area contributed by atoms with Crippen molar-refractivity contribution in [1.29, 1.82) is 0 Å². The van der Waals surface area contributed by atoms with Gasteiger partial charge in [-0.05, 0) is 30.7 Å². The zero-order chi connectivity index (χ0) is 20.2. The predicted molar refractivity (Wildman–Crippen MR) is 110 cm³/mol. The molecule has 0 bridgehead atoms. The lowest BCUT2D eigenvalue weighted by Gasteiger charge is -2.17. The van der Waals surface area contributed by atoms with E-state index in [1.165, 1.54) is 10.5 Å². The molecule has 0 radical (unpaired) electrons. The Labute approximate surface area is 169 Å². The lowest BCUT2D eigenvalue weighted by atomic mass is 10.1. The summed E-state index contributed by atoms with van der Waals surface area (Å²) in [7, 11) is 0. The first-order chi connectivity index (χ1) is 14.2. The van der Waals surface area contributed by atoms with Crippen LogP contribution in [0.5, 0.6) is 5.75 Å². The van der Waals surface area contributed by atoms with Crippen molar-refractivity contribution in [2.24, 2.45) is 4.99 Å². The summed E-state index contributed by atoms with van der Waals surface area (Å²) in [6.07, 6.45) is 0.854. The van der Waals surface area contributed by atoms with E-state index in [0.29, 0.717) is 36.7 Å². The molecule has 29 heavy (non-hydrogen) atoms. The molecule has 4 rings (SSSR count). The summed E-state index contributed by atoms with van der Waals surface area (Å²) in [5.74, 6) is 1.08. The van der Waals surface area contributed by atoms with E-state index in [9.17, 15) is 9.59 Å². The van der Waals surface area contributed by atoms with Gasteiger partial charge in [-0.2, -0.15) is 0 Å². The smallest absolute Gasteiger partial charge is 0.261 e. The number of ether oxygens (including phenoxy) is 1. The van der Waals surface area contributed by atoms with Crippen LogP contribution in [0.3, 0.4) is 0 Å². The maximum Gasteiger partial charge on any atom is 0.261 e. The van der Waals surface area contributed by atoms with Gasteiger partial charge in [-0.3, -0.25) is 14.5 Å². The molecule has 0 spiro atoms. The molecule has 2 aliphatic heterocycles. The second-order valence-corrected chi connectivity index (χ2v) is 7.01. The Morgan fingerprint density at radius 2 is 1.76 bits per heavy atom. The molecule has 0 fully saturated rings. The summed E-state index contributed by atoms with van der Waals surface area (Å²) in [5, 5.41) is 6.39. The SMILES string of the molecule is CCNC(=NCC1Cc2ccccc2O1)NCCN1C(=O)c2ccccc2C1=O. The molecule has 0 aromatic heterocycles. The normalized spacial score (nSPS) is 17.8. The van der Waals surface area contributed by atoms with Crippen LogP contribution >= 0.6 is 0 Å². The molecule has 0 saturated heterocycles. The van der Waals surface area contributed by atoms with Crippen molar-refractivity contribution in [2.75, 3.05) is 26.2 Å². The van der Waals surface area contributed by atoms with Gasteiger partial charge in [0.05, 0.1) is 17.7 Å². The van der Waals surface area contributed by atoms with Gasteiger partial charge < -0.3 is 15.4 Å². The predicted octanol–water partition coefficient (Wildman–Crippen LogP) is 1.84. The van der Waals surface area contributed by atoms with Crippen molar-refractivity contribution in [3.8, 4) is 5.75 Å². The molecule has 2 aliphatic rings. The standard InChI is InChI=1S/C22H24N4O3/c1-2-23-22(25-14-16-13-15-7-3-6-10-19(15)29-16)24-11-12-26-20(27)17-8-4-5-9-18(17)21(26)28/h3-10,16H,2,11-14H2,1H3,(H2,23,24,25). The van der Waals surface area contributed by atoms with Crippen LogP contribution in [0, 0.1) is 0 Å². The molecule has 2 aromatic rings. The molecule has 7 heteroatoms. The lowest BCUT2D eigenvalue weighted by molar-refractivity contribution is 0.0657. The van der Waals surface area contributed by atoms with Crippen LogP contribution in [0.15, 0.2) is 53.5 Å². The molecule has 2 amide bonds. The van der Waals surface area contributed by atoms with Crippen molar-refractivity contribution in [3.05, 3.63) is 65.2 Å². The van der Waals surface area contributed by atoms with Gasteiger partial charge in [-0.1, -0.05) is 30.3 Å². The average Bonchev–Trinajstić information content (AvgIpc) is 3.26.